The minimum absolute atomic E-state index is 0.0464. The van der Waals surface area contributed by atoms with Crippen molar-refractivity contribution in [3.63, 3.8) is 0 Å². The first kappa shape index (κ1) is 18.8. The van der Waals surface area contributed by atoms with Gasteiger partial charge in [-0.15, -0.1) is 11.3 Å². The van der Waals surface area contributed by atoms with Crippen LogP contribution in [0.5, 0.6) is 0 Å². The highest BCUT2D eigenvalue weighted by atomic mass is 32.2. The van der Waals surface area contributed by atoms with E-state index in [1.165, 1.54) is 11.3 Å². The van der Waals surface area contributed by atoms with Gasteiger partial charge in [-0.25, -0.2) is 8.42 Å². The topological polar surface area (TPSA) is 104 Å². The molecule has 1 unspecified atom stereocenters. The van der Waals surface area contributed by atoms with Crippen LogP contribution in [-0.4, -0.2) is 79.8 Å². The van der Waals surface area contributed by atoms with Gasteiger partial charge in [-0.3, -0.25) is 9.59 Å². The lowest BCUT2D eigenvalue weighted by molar-refractivity contribution is -0.140. The summed E-state index contributed by atoms with van der Waals surface area (Å²) in [6, 6.07) is 3.77. The lowest BCUT2D eigenvalue weighted by atomic mass is 10.2. The molecule has 24 heavy (non-hydrogen) atoms. The van der Waals surface area contributed by atoms with Crippen LogP contribution in [0.4, 0.5) is 0 Å². The standard InChI is InChI=1S/C14H20N2O6S2/c1-24(20,21)16(10-14(18)19)9-11-8-15(4-5-22-11)13(17)7-12-3-2-6-23-12/h2-3,6,11H,4-5,7-10H2,1H3,(H,18,19). The van der Waals surface area contributed by atoms with Crippen LogP contribution >= 0.6 is 11.3 Å². The molecule has 8 nitrogen and oxygen atoms in total. The van der Waals surface area contributed by atoms with Gasteiger partial charge in [0.1, 0.15) is 6.54 Å². The fraction of sp³-hybridized carbons (Fsp3) is 0.571. The zero-order chi connectivity index (χ0) is 17.7. The van der Waals surface area contributed by atoms with E-state index in [0.29, 0.717) is 19.6 Å². The van der Waals surface area contributed by atoms with Crippen LogP contribution in [0.15, 0.2) is 17.5 Å². The number of carbonyl (C=O) groups is 2. The number of aliphatic carboxylic acids is 1. The molecule has 134 valence electrons. The number of morpholine rings is 1. The first-order valence-electron chi connectivity index (χ1n) is 7.34. The van der Waals surface area contributed by atoms with Crippen LogP contribution in [0.25, 0.3) is 0 Å². The number of hydrogen-bond acceptors (Lipinski definition) is 6. The van der Waals surface area contributed by atoms with Gasteiger partial charge < -0.3 is 14.7 Å². The lowest BCUT2D eigenvalue weighted by Gasteiger charge is -2.34. The summed E-state index contributed by atoms with van der Waals surface area (Å²) in [5, 5.41) is 10.8. The summed E-state index contributed by atoms with van der Waals surface area (Å²) >= 11 is 1.51. The van der Waals surface area contributed by atoms with Gasteiger partial charge in [0.2, 0.25) is 15.9 Å². The number of carboxylic acids is 1. The molecule has 1 aromatic rings. The van der Waals surface area contributed by atoms with E-state index in [1.54, 1.807) is 4.90 Å². The highest BCUT2D eigenvalue weighted by Crippen LogP contribution is 2.14. The van der Waals surface area contributed by atoms with Crippen LogP contribution in [0.2, 0.25) is 0 Å². The van der Waals surface area contributed by atoms with Crippen LogP contribution in [0.1, 0.15) is 4.88 Å². The monoisotopic (exact) mass is 376 g/mol. The van der Waals surface area contributed by atoms with Crippen molar-refractivity contribution < 1.29 is 27.9 Å². The summed E-state index contributed by atoms with van der Waals surface area (Å²) < 4.78 is 29.8. The van der Waals surface area contributed by atoms with Gasteiger partial charge >= 0.3 is 5.97 Å². The molecular weight excluding hydrogens is 356 g/mol. The number of carboxylic acid groups (broad SMARTS) is 1. The molecule has 1 N–H and O–H groups in total. The average molecular weight is 376 g/mol. The fourth-order valence-electron chi connectivity index (χ4n) is 2.43. The zero-order valence-corrected chi connectivity index (χ0v) is 14.9. The minimum atomic E-state index is -3.67. The Morgan fingerprint density at radius 1 is 1.50 bits per heavy atom. The molecule has 0 aromatic carbocycles. The van der Waals surface area contributed by atoms with Crippen molar-refractivity contribution in [2.45, 2.75) is 12.5 Å². The quantitative estimate of drug-likeness (QED) is 0.711. The van der Waals surface area contributed by atoms with Crippen molar-refractivity contribution in [1.82, 2.24) is 9.21 Å². The summed E-state index contributed by atoms with van der Waals surface area (Å²) in [5.41, 5.74) is 0. The van der Waals surface area contributed by atoms with Gasteiger partial charge in [-0.05, 0) is 11.4 Å². The van der Waals surface area contributed by atoms with Crippen molar-refractivity contribution in [1.29, 1.82) is 0 Å². The Labute approximate surface area is 144 Å². The fourth-order valence-corrected chi connectivity index (χ4v) is 3.90. The molecule has 2 rings (SSSR count). The predicted molar refractivity (Wildman–Crippen MR) is 88.4 cm³/mol. The molecule has 1 aromatic heterocycles. The van der Waals surface area contributed by atoms with E-state index < -0.39 is 28.6 Å². The molecule has 2 heterocycles. The third kappa shape index (κ3) is 5.55. The molecule has 0 saturated carbocycles. The number of thiophene rings is 1. The maximum Gasteiger partial charge on any atom is 0.318 e. The normalized spacial score (nSPS) is 18.8. The predicted octanol–water partition coefficient (Wildman–Crippen LogP) is -0.136. The Hall–Kier alpha value is -1.49. The van der Waals surface area contributed by atoms with Crippen molar-refractivity contribution >= 4 is 33.2 Å². The van der Waals surface area contributed by atoms with Gasteiger partial charge in [-0.2, -0.15) is 4.31 Å². The zero-order valence-electron chi connectivity index (χ0n) is 13.3. The maximum atomic E-state index is 12.3. The first-order chi connectivity index (χ1) is 11.3. The molecule has 10 heteroatoms. The Balaban J connectivity index is 1.96. The smallest absolute Gasteiger partial charge is 0.318 e. The maximum absolute atomic E-state index is 12.3. The molecule has 1 fully saturated rings. The third-order valence-corrected chi connectivity index (χ3v) is 5.68. The number of rotatable bonds is 7. The van der Waals surface area contributed by atoms with Crippen LogP contribution in [-0.2, 0) is 30.8 Å². The summed E-state index contributed by atoms with van der Waals surface area (Å²) in [7, 11) is -3.67. The molecule has 0 radical (unpaired) electrons. The second-order valence-corrected chi connectivity index (χ2v) is 8.55. The summed E-state index contributed by atoms with van der Waals surface area (Å²) in [6.45, 7) is 0.273. The summed E-state index contributed by atoms with van der Waals surface area (Å²) in [4.78, 5) is 25.8. The Morgan fingerprint density at radius 2 is 2.25 bits per heavy atom. The summed E-state index contributed by atoms with van der Waals surface area (Å²) in [5.74, 6) is -1.28. The van der Waals surface area contributed by atoms with E-state index in [4.69, 9.17) is 9.84 Å². The van der Waals surface area contributed by atoms with Gasteiger partial charge in [0.15, 0.2) is 0 Å². The van der Waals surface area contributed by atoms with Crippen molar-refractivity contribution in [2.75, 3.05) is 39.0 Å². The lowest BCUT2D eigenvalue weighted by Crippen LogP contribution is -2.51. The van der Waals surface area contributed by atoms with E-state index in [0.717, 1.165) is 15.4 Å². The number of nitrogens with zero attached hydrogens (tertiary/aromatic N) is 2. The highest BCUT2D eigenvalue weighted by molar-refractivity contribution is 7.88. The van der Waals surface area contributed by atoms with Crippen LogP contribution in [0.3, 0.4) is 0 Å². The van der Waals surface area contributed by atoms with E-state index in [1.807, 2.05) is 17.5 Å². The van der Waals surface area contributed by atoms with Gasteiger partial charge in [0.05, 0.1) is 25.4 Å². The number of amides is 1. The molecule has 0 aliphatic carbocycles. The molecule has 0 bridgehead atoms. The Bertz CT molecular complexity index is 673. The molecule has 1 amide bonds. The minimum Gasteiger partial charge on any atom is -0.480 e. The molecule has 1 aliphatic heterocycles. The van der Waals surface area contributed by atoms with Crippen molar-refractivity contribution in [3.05, 3.63) is 22.4 Å². The highest BCUT2D eigenvalue weighted by Gasteiger charge is 2.29. The number of ether oxygens (including phenoxy) is 1. The number of hydrogen-bond donors (Lipinski definition) is 1. The van der Waals surface area contributed by atoms with Gasteiger partial charge in [0.25, 0.3) is 0 Å². The second-order valence-electron chi connectivity index (χ2n) is 5.54. The van der Waals surface area contributed by atoms with E-state index >= 15 is 0 Å². The molecule has 1 saturated heterocycles. The first-order valence-corrected chi connectivity index (χ1v) is 10.1. The second kappa shape index (κ2) is 8.06. The van der Waals surface area contributed by atoms with E-state index in [9.17, 15) is 18.0 Å². The largest absolute Gasteiger partial charge is 0.480 e. The molecule has 0 spiro atoms. The summed E-state index contributed by atoms with van der Waals surface area (Å²) in [6.07, 6.45) is 0.716. The average Bonchev–Trinajstić information content (AvgIpc) is 2.98. The SMILES string of the molecule is CS(=O)(=O)N(CC(=O)O)CC1CN(C(=O)Cc2cccs2)CCO1. The van der Waals surface area contributed by atoms with Gasteiger partial charge in [0, 0.05) is 24.5 Å². The van der Waals surface area contributed by atoms with E-state index in [-0.39, 0.29) is 19.0 Å². The van der Waals surface area contributed by atoms with E-state index in [2.05, 4.69) is 0 Å². The number of carbonyl (C=O) groups excluding carboxylic acids is 1. The van der Waals surface area contributed by atoms with Crippen LogP contribution < -0.4 is 0 Å². The van der Waals surface area contributed by atoms with Crippen LogP contribution in [0, 0.1) is 0 Å². The van der Waals surface area contributed by atoms with Crippen molar-refractivity contribution in [3.8, 4) is 0 Å². The molecule has 1 atom stereocenters. The Kier molecular flexibility index (Phi) is 6.33. The molecular formula is C14H20N2O6S2. The Morgan fingerprint density at radius 3 is 2.83 bits per heavy atom. The van der Waals surface area contributed by atoms with Gasteiger partial charge in [-0.1, -0.05) is 6.07 Å². The third-order valence-electron chi connectivity index (χ3n) is 3.58. The molecule has 1 aliphatic rings. The number of sulfonamides is 1. The van der Waals surface area contributed by atoms with Crippen molar-refractivity contribution in [2.24, 2.45) is 0 Å².